The molecule has 0 spiro atoms. The van der Waals surface area contributed by atoms with Crippen LogP contribution in [-0.4, -0.2) is 4.98 Å². The summed E-state index contributed by atoms with van der Waals surface area (Å²) in [5, 5.41) is 10.0. The number of nitrogens with zero attached hydrogens (tertiary/aromatic N) is 2. The van der Waals surface area contributed by atoms with Gasteiger partial charge >= 0.3 is 0 Å². The summed E-state index contributed by atoms with van der Waals surface area (Å²) in [7, 11) is 0. The van der Waals surface area contributed by atoms with Crippen LogP contribution in [0.2, 0.25) is 20.2 Å². The molecule has 2 aromatic rings. The molecule has 1 aromatic heterocycles. The van der Waals surface area contributed by atoms with Crippen molar-refractivity contribution in [1.82, 2.24) is 4.98 Å². The predicted octanol–water partition coefficient (Wildman–Crippen LogP) is 5.43. The van der Waals surface area contributed by atoms with E-state index in [1.54, 1.807) is 24.3 Å². The number of pyridine rings is 1. The van der Waals surface area contributed by atoms with Gasteiger partial charge in [-0.3, -0.25) is 0 Å². The van der Waals surface area contributed by atoms with Gasteiger partial charge in [-0.15, -0.1) is 0 Å². The van der Waals surface area contributed by atoms with Crippen molar-refractivity contribution in [3.8, 4) is 17.3 Å². The smallest absolute Gasteiger partial charge is 0.130 e. The van der Waals surface area contributed by atoms with E-state index in [2.05, 4.69) is 11.1 Å². The van der Waals surface area contributed by atoms with Gasteiger partial charge in [-0.05, 0) is 29.8 Å². The highest BCUT2D eigenvalue weighted by Gasteiger charge is 2.10. The third kappa shape index (κ3) is 3.32. The fourth-order valence-electron chi connectivity index (χ4n) is 1.59. The van der Waals surface area contributed by atoms with Crippen molar-refractivity contribution in [2.24, 2.45) is 0 Å². The molecule has 0 fully saturated rings. The summed E-state index contributed by atoms with van der Waals surface area (Å²) in [6.07, 6.45) is 0.254. The molecule has 0 aliphatic carbocycles. The average molecular weight is 332 g/mol. The first-order valence-corrected chi connectivity index (χ1v) is 6.71. The summed E-state index contributed by atoms with van der Waals surface area (Å²) in [6, 6.07) is 8.79. The van der Waals surface area contributed by atoms with Gasteiger partial charge in [-0.25, -0.2) is 4.98 Å². The topological polar surface area (TPSA) is 36.7 Å². The first-order chi connectivity index (χ1) is 9.01. The van der Waals surface area contributed by atoms with E-state index in [0.29, 0.717) is 31.5 Å². The van der Waals surface area contributed by atoms with Crippen LogP contribution in [0, 0.1) is 11.3 Å². The van der Waals surface area contributed by atoms with Gasteiger partial charge < -0.3 is 0 Å². The molecule has 1 aromatic carbocycles. The molecule has 0 saturated carbocycles. The maximum atomic E-state index is 8.72. The molecule has 19 heavy (non-hydrogen) atoms. The van der Waals surface area contributed by atoms with Crippen LogP contribution < -0.4 is 0 Å². The minimum absolute atomic E-state index is 0.254. The summed E-state index contributed by atoms with van der Waals surface area (Å²) >= 11 is 23.8. The quantitative estimate of drug-likeness (QED) is 0.543. The Labute approximate surface area is 130 Å². The van der Waals surface area contributed by atoms with E-state index in [1.807, 2.05) is 0 Å². The fraction of sp³-hybridized carbons (Fsp3) is 0.0769. The lowest BCUT2D eigenvalue weighted by Gasteiger charge is -2.07. The molecule has 6 heteroatoms. The maximum Gasteiger partial charge on any atom is 0.130 e. The number of halogens is 4. The molecule has 0 aliphatic rings. The van der Waals surface area contributed by atoms with Crippen molar-refractivity contribution >= 4 is 46.4 Å². The molecule has 0 atom stereocenters. The van der Waals surface area contributed by atoms with Gasteiger partial charge in [0, 0.05) is 5.56 Å². The van der Waals surface area contributed by atoms with E-state index in [1.165, 1.54) is 0 Å². The van der Waals surface area contributed by atoms with Gasteiger partial charge in [0.05, 0.1) is 33.3 Å². The largest absolute Gasteiger partial charge is 0.236 e. The van der Waals surface area contributed by atoms with E-state index in [4.69, 9.17) is 51.7 Å². The van der Waals surface area contributed by atoms with Crippen molar-refractivity contribution < 1.29 is 0 Å². The molecule has 0 N–H and O–H groups in total. The molecule has 0 aliphatic heterocycles. The molecule has 2 rings (SSSR count). The Kier molecular flexibility index (Phi) is 4.54. The summed E-state index contributed by atoms with van der Waals surface area (Å²) in [6.45, 7) is 0. The number of rotatable bonds is 2. The summed E-state index contributed by atoms with van der Waals surface area (Å²) < 4.78 is 0. The normalized spacial score (nSPS) is 10.3. The number of aromatic nitrogens is 1. The lowest BCUT2D eigenvalue weighted by Crippen LogP contribution is -1.90. The lowest BCUT2D eigenvalue weighted by molar-refractivity contribution is 1.21. The van der Waals surface area contributed by atoms with Crippen LogP contribution in [0.1, 0.15) is 5.56 Å². The number of hydrogen-bond donors (Lipinski definition) is 0. The van der Waals surface area contributed by atoms with Gasteiger partial charge in [-0.2, -0.15) is 5.26 Å². The van der Waals surface area contributed by atoms with E-state index in [9.17, 15) is 0 Å². The van der Waals surface area contributed by atoms with Gasteiger partial charge in [0.25, 0.3) is 0 Å². The highest BCUT2D eigenvalue weighted by Crippen LogP contribution is 2.35. The average Bonchev–Trinajstić information content (AvgIpc) is 2.35. The SMILES string of the molecule is N#CCc1cc(Cl)nc(-c2cc(Cl)c(Cl)c(Cl)c2)c1. The summed E-state index contributed by atoms with van der Waals surface area (Å²) in [4.78, 5) is 4.19. The van der Waals surface area contributed by atoms with E-state index in [0.717, 1.165) is 5.56 Å². The van der Waals surface area contributed by atoms with Crippen molar-refractivity contribution in [3.05, 3.63) is 50.0 Å². The van der Waals surface area contributed by atoms with Gasteiger partial charge in [0.15, 0.2) is 0 Å². The van der Waals surface area contributed by atoms with Gasteiger partial charge in [0.1, 0.15) is 5.15 Å². The van der Waals surface area contributed by atoms with Crippen molar-refractivity contribution in [2.45, 2.75) is 6.42 Å². The zero-order valence-electron chi connectivity index (χ0n) is 9.42. The van der Waals surface area contributed by atoms with Crippen LogP contribution in [0.4, 0.5) is 0 Å². The Bertz CT molecular complexity index is 654. The lowest BCUT2D eigenvalue weighted by atomic mass is 10.1. The maximum absolute atomic E-state index is 8.72. The monoisotopic (exact) mass is 330 g/mol. The van der Waals surface area contributed by atoms with Crippen LogP contribution in [0.3, 0.4) is 0 Å². The van der Waals surface area contributed by atoms with Gasteiger partial charge in [0.2, 0.25) is 0 Å². The van der Waals surface area contributed by atoms with Crippen LogP contribution in [0.5, 0.6) is 0 Å². The van der Waals surface area contributed by atoms with Crippen LogP contribution in [0.15, 0.2) is 24.3 Å². The minimum Gasteiger partial charge on any atom is -0.236 e. The summed E-state index contributed by atoms with van der Waals surface area (Å²) in [5.74, 6) is 0. The highest BCUT2D eigenvalue weighted by atomic mass is 35.5. The summed E-state index contributed by atoms with van der Waals surface area (Å²) in [5.41, 5.74) is 2.07. The van der Waals surface area contributed by atoms with E-state index in [-0.39, 0.29) is 6.42 Å². The molecular weight excluding hydrogens is 326 g/mol. The van der Waals surface area contributed by atoms with Crippen LogP contribution in [-0.2, 0) is 6.42 Å². The number of hydrogen-bond acceptors (Lipinski definition) is 2. The first-order valence-electron chi connectivity index (χ1n) is 5.19. The molecular formula is C13H6Cl4N2. The molecule has 1 heterocycles. The molecule has 0 amide bonds. The molecule has 2 nitrogen and oxygen atoms in total. The molecule has 0 unspecified atom stereocenters. The molecule has 0 bridgehead atoms. The van der Waals surface area contributed by atoms with Crippen LogP contribution in [0.25, 0.3) is 11.3 Å². The minimum atomic E-state index is 0.254. The number of benzene rings is 1. The Morgan fingerprint density at radius 1 is 1.00 bits per heavy atom. The number of nitriles is 1. The Morgan fingerprint density at radius 2 is 1.63 bits per heavy atom. The standard InChI is InChI=1S/C13H6Cl4N2/c14-9-5-8(6-10(15)13(9)17)11-3-7(1-2-18)4-12(16)19-11/h3-6H,1H2. The van der Waals surface area contributed by atoms with Gasteiger partial charge in [-0.1, -0.05) is 46.4 Å². The van der Waals surface area contributed by atoms with Crippen molar-refractivity contribution in [2.75, 3.05) is 0 Å². The third-order valence-corrected chi connectivity index (χ3v) is 3.81. The van der Waals surface area contributed by atoms with E-state index >= 15 is 0 Å². The second-order valence-corrected chi connectivity index (χ2v) is 5.35. The zero-order chi connectivity index (χ0) is 14.0. The fourth-order valence-corrected chi connectivity index (χ4v) is 2.42. The Hall–Kier alpha value is -0.980. The molecule has 96 valence electrons. The zero-order valence-corrected chi connectivity index (χ0v) is 12.4. The third-order valence-electron chi connectivity index (χ3n) is 2.42. The predicted molar refractivity (Wildman–Crippen MR) is 79.0 cm³/mol. The second-order valence-electron chi connectivity index (χ2n) is 3.77. The Morgan fingerprint density at radius 3 is 2.21 bits per heavy atom. The first kappa shape index (κ1) is 14.4. The second kappa shape index (κ2) is 5.98. The Balaban J connectivity index is 2.56. The van der Waals surface area contributed by atoms with E-state index < -0.39 is 0 Å². The molecule has 0 radical (unpaired) electrons. The van der Waals surface area contributed by atoms with Crippen LogP contribution >= 0.6 is 46.4 Å². The van der Waals surface area contributed by atoms with Crippen molar-refractivity contribution in [3.63, 3.8) is 0 Å². The highest BCUT2D eigenvalue weighted by molar-refractivity contribution is 6.48. The molecule has 0 saturated heterocycles. The van der Waals surface area contributed by atoms with Crippen molar-refractivity contribution in [1.29, 1.82) is 5.26 Å².